The number of hydrogen-bond acceptors (Lipinski definition) is 2. The second-order valence-corrected chi connectivity index (χ2v) is 6.07. The van der Waals surface area contributed by atoms with Crippen molar-refractivity contribution >= 4 is 11.3 Å². The minimum atomic E-state index is -2.75. The van der Waals surface area contributed by atoms with E-state index in [2.05, 4.69) is 4.98 Å². The van der Waals surface area contributed by atoms with E-state index in [1.54, 1.807) is 6.92 Å². The van der Waals surface area contributed by atoms with Gasteiger partial charge in [-0.1, -0.05) is 13.0 Å². The maximum atomic E-state index is 14.0. The number of allylic oxidation sites excluding steroid dienone is 2. The van der Waals surface area contributed by atoms with Gasteiger partial charge in [0.25, 0.3) is 5.92 Å². The topological polar surface area (TPSA) is 38.9 Å². The molecule has 0 radical (unpaired) electrons. The van der Waals surface area contributed by atoms with Gasteiger partial charge in [-0.05, 0) is 35.8 Å². The minimum absolute atomic E-state index is 0.0190. The van der Waals surface area contributed by atoms with Crippen LogP contribution in [0, 0.1) is 17.6 Å². The Kier molecular flexibility index (Phi) is 4.07. The van der Waals surface area contributed by atoms with Gasteiger partial charge >= 0.3 is 0 Å². The van der Waals surface area contributed by atoms with E-state index in [4.69, 9.17) is 5.73 Å². The number of rotatable bonds is 2. The van der Waals surface area contributed by atoms with Crippen molar-refractivity contribution in [2.75, 3.05) is 5.73 Å². The lowest BCUT2D eigenvalue weighted by atomic mass is 9.84. The van der Waals surface area contributed by atoms with Crippen LogP contribution in [0.5, 0.6) is 0 Å². The molecule has 1 unspecified atom stereocenters. The van der Waals surface area contributed by atoms with Crippen molar-refractivity contribution in [2.45, 2.75) is 25.7 Å². The van der Waals surface area contributed by atoms with Gasteiger partial charge in [0, 0.05) is 30.2 Å². The Bertz CT molecular complexity index is 815. The van der Waals surface area contributed by atoms with Gasteiger partial charge in [-0.25, -0.2) is 17.6 Å². The van der Waals surface area contributed by atoms with Crippen molar-refractivity contribution in [1.29, 1.82) is 0 Å². The highest BCUT2D eigenvalue weighted by Crippen LogP contribution is 2.42. The highest BCUT2D eigenvalue weighted by Gasteiger charge is 2.36. The number of benzene rings is 1. The van der Waals surface area contributed by atoms with Crippen LogP contribution in [-0.4, -0.2) is 10.9 Å². The molecule has 2 aromatic rings. The summed E-state index contributed by atoms with van der Waals surface area (Å²) in [5, 5.41) is 0. The number of halogens is 4. The van der Waals surface area contributed by atoms with Crippen LogP contribution < -0.4 is 5.73 Å². The molecule has 24 heavy (non-hydrogen) atoms. The molecule has 2 nitrogen and oxygen atoms in total. The molecule has 0 saturated heterocycles. The quantitative estimate of drug-likeness (QED) is 0.779. The Morgan fingerprint density at radius 1 is 1.17 bits per heavy atom. The zero-order valence-corrected chi connectivity index (χ0v) is 13.0. The van der Waals surface area contributed by atoms with Crippen LogP contribution in [0.4, 0.5) is 23.2 Å². The van der Waals surface area contributed by atoms with Crippen molar-refractivity contribution in [3.8, 4) is 11.1 Å². The second kappa shape index (κ2) is 5.92. The molecule has 0 spiro atoms. The van der Waals surface area contributed by atoms with Gasteiger partial charge in [0.2, 0.25) is 0 Å². The molecule has 0 saturated carbocycles. The third-order valence-corrected chi connectivity index (χ3v) is 4.24. The summed E-state index contributed by atoms with van der Waals surface area (Å²) in [5.74, 6) is -4.38. The fourth-order valence-electron chi connectivity index (χ4n) is 3.07. The van der Waals surface area contributed by atoms with E-state index in [0.29, 0.717) is 16.8 Å². The molecule has 1 aromatic carbocycles. The van der Waals surface area contributed by atoms with Gasteiger partial charge in [0.15, 0.2) is 0 Å². The number of nitrogens with zero attached hydrogens (tertiary/aromatic N) is 1. The zero-order valence-electron chi connectivity index (χ0n) is 13.0. The van der Waals surface area contributed by atoms with Crippen LogP contribution in [0.2, 0.25) is 0 Å². The first kappa shape index (κ1) is 16.5. The first-order valence-corrected chi connectivity index (χ1v) is 7.56. The Morgan fingerprint density at radius 2 is 1.92 bits per heavy atom. The van der Waals surface area contributed by atoms with Crippen molar-refractivity contribution in [1.82, 2.24) is 4.98 Å². The predicted molar refractivity (Wildman–Crippen MR) is 85.3 cm³/mol. The van der Waals surface area contributed by atoms with E-state index in [1.165, 1.54) is 18.3 Å². The zero-order chi connectivity index (χ0) is 17.5. The molecule has 1 heterocycles. The molecular formula is C18H16F4N2. The number of alkyl halides is 2. The molecular weight excluding hydrogens is 320 g/mol. The molecule has 0 fully saturated rings. The number of anilines is 1. The molecule has 2 N–H and O–H groups in total. The Hall–Kier alpha value is -2.37. The predicted octanol–water partition coefficient (Wildman–Crippen LogP) is 5.06. The van der Waals surface area contributed by atoms with E-state index in [9.17, 15) is 17.6 Å². The fourth-order valence-corrected chi connectivity index (χ4v) is 3.07. The van der Waals surface area contributed by atoms with Gasteiger partial charge < -0.3 is 5.73 Å². The van der Waals surface area contributed by atoms with Gasteiger partial charge in [0.05, 0.1) is 11.4 Å². The van der Waals surface area contributed by atoms with E-state index in [-0.39, 0.29) is 24.1 Å². The van der Waals surface area contributed by atoms with E-state index in [1.807, 2.05) is 0 Å². The van der Waals surface area contributed by atoms with Gasteiger partial charge in [-0.2, -0.15) is 0 Å². The summed E-state index contributed by atoms with van der Waals surface area (Å²) in [6, 6.07) is 4.58. The Balaban J connectivity index is 2.10. The molecule has 126 valence electrons. The lowest BCUT2D eigenvalue weighted by Gasteiger charge is -2.27. The molecule has 0 bridgehead atoms. The van der Waals surface area contributed by atoms with Gasteiger partial charge in [-0.15, -0.1) is 0 Å². The third kappa shape index (κ3) is 3.00. The van der Waals surface area contributed by atoms with Crippen LogP contribution in [0.15, 0.2) is 36.5 Å². The van der Waals surface area contributed by atoms with Crippen molar-refractivity contribution in [3.05, 3.63) is 53.9 Å². The second-order valence-electron chi connectivity index (χ2n) is 6.07. The molecule has 6 heteroatoms. The van der Waals surface area contributed by atoms with Crippen molar-refractivity contribution < 1.29 is 17.6 Å². The summed E-state index contributed by atoms with van der Waals surface area (Å²) in [6.45, 7) is 1.68. The summed E-state index contributed by atoms with van der Waals surface area (Å²) in [7, 11) is 0. The number of aromatic nitrogens is 1. The standard InChI is InChI=1S/C18H16F4N2/c1-10-9-18(21,22)6-4-12(10)17-16(23)13(5-7-24-17)14-8-11(19)2-3-15(14)20/h2-5,7-8,10H,6,9,23H2,1H3. The summed E-state index contributed by atoms with van der Waals surface area (Å²) in [5.41, 5.74) is 7.54. The van der Waals surface area contributed by atoms with Crippen LogP contribution >= 0.6 is 0 Å². The third-order valence-electron chi connectivity index (χ3n) is 4.24. The fraction of sp³-hybridized carbons (Fsp3) is 0.278. The molecule has 0 aliphatic heterocycles. The SMILES string of the molecule is CC1CC(F)(F)CC=C1c1nccc(-c2cc(F)ccc2F)c1N. The number of nitrogen functional groups attached to an aromatic ring is 1. The van der Waals surface area contributed by atoms with Gasteiger partial charge in [0.1, 0.15) is 11.6 Å². The summed E-state index contributed by atoms with van der Waals surface area (Å²) >= 11 is 0. The Morgan fingerprint density at radius 3 is 2.62 bits per heavy atom. The molecule has 1 aromatic heterocycles. The Labute approximate surface area is 137 Å². The average molecular weight is 336 g/mol. The van der Waals surface area contributed by atoms with E-state index >= 15 is 0 Å². The molecule has 0 amide bonds. The minimum Gasteiger partial charge on any atom is -0.396 e. The summed E-state index contributed by atoms with van der Waals surface area (Å²) in [6.07, 6.45) is 2.18. The highest BCUT2D eigenvalue weighted by atomic mass is 19.3. The van der Waals surface area contributed by atoms with Crippen LogP contribution in [0.25, 0.3) is 16.7 Å². The molecule has 1 aliphatic carbocycles. The monoisotopic (exact) mass is 336 g/mol. The summed E-state index contributed by atoms with van der Waals surface area (Å²) < 4.78 is 54.5. The first-order valence-electron chi connectivity index (χ1n) is 7.56. The molecule has 1 atom stereocenters. The van der Waals surface area contributed by atoms with Crippen LogP contribution in [0.1, 0.15) is 25.5 Å². The van der Waals surface area contributed by atoms with Crippen LogP contribution in [0.3, 0.4) is 0 Å². The molecule has 3 rings (SSSR count). The maximum Gasteiger partial charge on any atom is 0.252 e. The summed E-state index contributed by atoms with van der Waals surface area (Å²) in [4.78, 5) is 4.18. The number of nitrogens with two attached hydrogens (primary N) is 1. The van der Waals surface area contributed by atoms with Crippen LogP contribution in [-0.2, 0) is 0 Å². The van der Waals surface area contributed by atoms with Crippen molar-refractivity contribution in [2.24, 2.45) is 5.92 Å². The maximum absolute atomic E-state index is 14.0. The normalized spacial score (nSPS) is 19.9. The number of pyridine rings is 1. The van der Waals surface area contributed by atoms with E-state index < -0.39 is 23.5 Å². The molecule has 1 aliphatic rings. The first-order chi connectivity index (χ1) is 11.3. The smallest absolute Gasteiger partial charge is 0.252 e. The number of hydrogen-bond donors (Lipinski definition) is 1. The van der Waals surface area contributed by atoms with E-state index in [0.717, 1.165) is 18.2 Å². The van der Waals surface area contributed by atoms with Crippen molar-refractivity contribution in [3.63, 3.8) is 0 Å². The van der Waals surface area contributed by atoms with Gasteiger partial charge in [-0.3, -0.25) is 4.98 Å². The average Bonchev–Trinajstić information content (AvgIpc) is 2.50. The largest absolute Gasteiger partial charge is 0.396 e. The highest BCUT2D eigenvalue weighted by molar-refractivity contribution is 5.85. The lowest BCUT2D eigenvalue weighted by molar-refractivity contribution is -0.0161. The lowest BCUT2D eigenvalue weighted by Crippen LogP contribution is -2.24.